The van der Waals surface area contributed by atoms with Crippen molar-refractivity contribution in [2.75, 3.05) is 24.0 Å². The highest BCUT2D eigenvalue weighted by molar-refractivity contribution is 7.90. The molecule has 7 nitrogen and oxygen atoms in total. The van der Waals surface area contributed by atoms with Gasteiger partial charge in [0, 0.05) is 30.8 Å². The number of hydrogen-bond donors (Lipinski definition) is 2. The summed E-state index contributed by atoms with van der Waals surface area (Å²) in [5.74, 6) is 0.0937. The molecule has 2 aromatic carbocycles. The van der Waals surface area contributed by atoms with E-state index in [9.17, 15) is 21.6 Å². The second-order valence-electron chi connectivity index (χ2n) is 7.03. The maximum atomic E-state index is 13.5. The second kappa shape index (κ2) is 9.03. The Bertz CT molecular complexity index is 1230. The van der Waals surface area contributed by atoms with Crippen LogP contribution in [-0.4, -0.2) is 31.8 Å². The summed E-state index contributed by atoms with van der Waals surface area (Å²) in [6.45, 7) is 1.75. The van der Waals surface area contributed by atoms with Gasteiger partial charge in [-0.25, -0.2) is 13.4 Å². The molecule has 32 heavy (non-hydrogen) atoms. The zero-order chi connectivity index (χ0) is 23.5. The number of alkyl halides is 3. The lowest BCUT2D eigenvalue weighted by molar-refractivity contribution is -0.137. The summed E-state index contributed by atoms with van der Waals surface area (Å²) < 4.78 is 69.1. The SMILES string of the molecule is COc1ccc(C)c(Nc2ncc(C(F)(F)F)c(NCc3cccc(S(C)(=O)=O)c3)n2)c1. The van der Waals surface area contributed by atoms with Crippen LogP contribution in [0.2, 0.25) is 0 Å². The van der Waals surface area contributed by atoms with Crippen LogP contribution in [-0.2, 0) is 22.6 Å². The van der Waals surface area contributed by atoms with Crippen LogP contribution in [0.3, 0.4) is 0 Å². The summed E-state index contributed by atoms with van der Waals surface area (Å²) in [5.41, 5.74) is 0.847. The molecule has 0 aliphatic carbocycles. The van der Waals surface area contributed by atoms with Crippen LogP contribution in [0, 0.1) is 6.92 Å². The Hall–Kier alpha value is -3.34. The molecule has 0 amide bonds. The van der Waals surface area contributed by atoms with Gasteiger partial charge in [0.2, 0.25) is 5.95 Å². The number of nitrogens with zero attached hydrogens (tertiary/aromatic N) is 2. The van der Waals surface area contributed by atoms with Gasteiger partial charge in [0.25, 0.3) is 0 Å². The highest BCUT2D eigenvalue weighted by Gasteiger charge is 2.35. The molecule has 0 radical (unpaired) electrons. The van der Waals surface area contributed by atoms with E-state index in [0.717, 1.165) is 11.8 Å². The minimum atomic E-state index is -4.68. The standard InChI is InChI=1S/C21H21F3N4O3S/c1-13-7-8-15(31-2)10-18(13)27-20-26-12-17(21(22,23)24)19(28-20)25-11-14-5-4-6-16(9-14)32(3,29)30/h4-10,12H,11H2,1-3H3,(H2,25,26,27,28). The number of aromatic nitrogens is 2. The van der Waals surface area contributed by atoms with Crippen LogP contribution in [0.15, 0.2) is 53.6 Å². The molecule has 11 heteroatoms. The van der Waals surface area contributed by atoms with Gasteiger partial charge in [-0.2, -0.15) is 18.2 Å². The van der Waals surface area contributed by atoms with Crippen molar-refractivity contribution in [1.82, 2.24) is 9.97 Å². The summed E-state index contributed by atoms with van der Waals surface area (Å²) in [4.78, 5) is 7.88. The van der Waals surface area contributed by atoms with E-state index in [4.69, 9.17) is 4.74 Å². The van der Waals surface area contributed by atoms with Gasteiger partial charge in [-0.3, -0.25) is 0 Å². The van der Waals surface area contributed by atoms with Gasteiger partial charge in [0.1, 0.15) is 17.1 Å². The van der Waals surface area contributed by atoms with Crippen LogP contribution in [0.25, 0.3) is 0 Å². The predicted octanol–water partition coefficient (Wildman–Crippen LogP) is 4.57. The average Bonchev–Trinajstić information content (AvgIpc) is 2.73. The first-order valence-corrected chi connectivity index (χ1v) is 11.3. The van der Waals surface area contributed by atoms with Crippen molar-refractivity contribution in [3.63, 3.8) is 0 Å². The molecule has 1 aromatic heterocycles. The van der Waals surface area contributed by atoms with Crippen LogP contribution < -0.4 is 15.4 Å². The molecule has 3 rings (SSSR count). The maximum absolute atomic E-state index is 13.5. The van der Waals surface area contributed by atoms with Gasteiger partial charge in [0.15, 0.2) is 9.84 Å². The highest BCUT2D eigenvalue weighted by Crippen LogP contribution is 2.34. The average molecular weight is 466 g/mol. The first kappa shape index (κ1) is 23.3. The quantitative estimate of drug-likeness (QED) is 0.527. The van der Waals surface area contributed by atoms with E-state index in [1.807, 2.05) is 6.92 Å². The second-order valence-corrected chi connectivity index (χ2v) is 9.05. The molecule has 0 atom stereocenters. The van der Waals surface area contributed by atoms with E-state index < -0.39 is 27.4 Å². The molecule has 0 bridgehead atoms. The summed E-state index contributed by atoms with van der Waals surface area (Å²) >= 11 is 0. The monoisotopic (exact) mass is 466 g/mol. The lowest BCUT2D eigenvalue weighted by Crippen LogP contribution is -2.14. The number of methoxy groups -OCH3 is 1. The van der Waals surface area contributed by atoms with Gasteiger partial charge >= 0.3 is 6.18 Å². The number of anilines is 3. The molecule has 0 fully saturated rings. The third kappa shape index (κ3) is 5.67. The Morgan fingerprint density at radius 3 is 2.53 bits per heavy atom. The molecule has 2 N–H and O–H groups in total. The molecule has 0 saturated carbocycles. The van der Waals surface area contributed by atoms with Crippen LogP contribution in [0.4, 0.5) is 30.6 Å². The van der Waals surface area contributed by atoms with Crippen molar-refractivity contribution in [3.05, 3.63) is 65.4 Å². The molecular weight excluding hydrogens is 445 g/mol. The number of rotatable bonds is 7. The van der Waals surface area contributed by atoms with E-state index >= 15 is 0 Å². The Morgan fingerprint density at radius 1 is 1.12 bits per heavy atom. The van der Waals surface area contributed by atoms with Crippen molar-refractivity contribution in [2.45, 2.75) is 24.5 Å². The van der Waals surface area contributed by atoms with E-state index in [-0.39, 0.29) is 17.4 Å². The lowest BCUT2D eigenvalue weighted by atomic mass is 10.2. The third-order valence-corrected chi connectivity index (χ3v) is 5.68. The number of sulfone groups is 1. The minimum absolute atomic E-state index is 0.0401. The Labute approximate surface area is 183 Å². The normalized spacial score (nSPS) is 11.8. The van der Waals surface area contributed by atoms with Crippen LogP contribution in [0.5, 0.6) is 5.75 Å². The predicted molar refractivity (Wildman–Crippen MR) is 115 cm³/mol. The van der Waals surface area contributed by atoms with Gasteiger partial charge in [-0.05, 0) is 36.2 Å². The maximum Gasteiger partial charge on any atom is 0.421 e. The molecule has 0 unspecified atom stereocenters. The minimum Gasteiger partial charge on any atom is -0.497 e. The molecule has 3 aromatic rings. The van der Waals surface area contributed by atoms with Gasteiger partial charge in [0.05, 0.1) is 12.0 Å². The van der Waals surface area contributed by atoms with Crippen molar-refractivity contribution in [2.24, 2.45) is 0 Å². The van der Waals surface area contributed by atoms with E-state index in [0.29, 0.717) is 23.2 Å². The summed E-state index contributed by atoms with van der Waals surface area (Å²) in [5, 5.41) is 5.55. The summed E-state index contributed by atoms with van der Waals surface area (Å²) in [6, 6.07) is 11.2. The first-order chi connectivity index (χ1) is 15.0. The van der Waals surface area contributed by atoms with Crippen molar-refractivity contribution in [1.29, 1.82) is 0 Å². The topological polar surface area (TPSA) is 93.2 Å². The van der Waals surface area contributed by atoms with Crippen molar-refractivity contribution in [3.8, 4) is 5.75 Å². The Morgan fingerprint density at radius 2 is 1.88 bits per heavy atom. The fourth-order valence-corrected chi connectivity index (χ4v) is 3.53. The number of nitrogens with one attached hydrogen (secondary N) is 2. The number of benzene rings is 2. The zero-order valence-corrected chi connectivity index (χ0v) is 18.3. The smallest absolute Gasteiger partial charge is 0.421 e. The summed E-state index contributed by atoms with van der Waals surface area (Å²) in [7, 11) is -1.94. The van der Waals surface area contributed by atoms with Crippen molar-refractivity contribution < 1.29 is 26.3 Å². The van der Waals surface area contributed by atoms with E-state index in [2.05, 4.69) is 20.6 Å². The number of hydrogen-bond acceptors (Lipinski definition) is 7. The Kier molecular flexibility index (Phi) is 6.58. The van der Waals surface area contributed by atoms with Crippen molar-refractivity contribution >= 4 is 27.3 Å². The van der Waals surface area contributed by atoms with E-state index in [1.54, 1.807) is 24.3 Å². The molecule has 1 heterocycles. The third-order valence-electron chi connectivity index (χ3n) is 4.57. The van der Waals surface area contributed by atoms with Crippen LogP contribution >= 0.6 is 0 Å². The first-order valence-electron chi connectivity index (χ1n) is 9.36. The molecule has 0 aliphatic heterocycles. The summed E-state index contributed by atoms with van der Waals surface area (Å²) in [6.07, 6.45) is -2.92. The van der Waals surface area contributed by atoms with Gasteiger partial charge in [-0.15, -0.1) is 0 Å². The fourth-order valence-electron chi connectivity index (χ4n) is 2.84. The molecular formula is C21H21F3N4O3S. The van der Waals surface area contributed by atoms with Gasteiger partial charge < -0.3 is 15.4 Å². The fraction of sp³-hybridized carbons (Fsp3) is 0.238. The van der Waals surface area contributed by atoms with Gasteiger partial charge in [-0.1, -0.05) is 18.2 Å². The number of aryl methyl sites for hydroxylation is 1. The van der Waals surface area contributed by atoms with Crippen LogP contribution in [0.1, 0.15) is 16.7 Å². The highest BCUT2D eigenvalue weighted by atomic mass is 32.2. The number of ether oxygens (including phenoxy) is 1. The molecule has 0 spiro atoms. The lowest BCUT2D eigenvalue weighted by Gasteiger charge is -2.16. The molecule has 170 valence electrons. The zero-order valence-electron chi connectivity index (χ0n) is 17.5. The number of halogens is 3. The molecule has 0 aliphatic rings. The Balaban J connectivity index is 1.90. The largest absolute Gasteiger partial charge is 0.497 e. The van der Waals surface area contributed by atoms with E-state index in [1.165, 1.54) is 25.3 Å². The molecule has 0 saturated heterocycles.